The van der Waals surface area contributed by atoms with E-state index in [2.05, 4.69) is 52.6 Å². The quantitative estimate of drug-likeness (QED) is 0.0189. The Morgan fingerprint density at radius 2 is 0.758 bits per heavy atom. The van der Waals surface area contributed by atoms with E-state index in [4.69, 9.17) is 46.1 Å². The molecule has 20 heteroatoms. The standard InChI is InChI=1S/C42H66O17Si3/c1-13-23-50-26-41(27-51-34(43)14-2,28-52-35(44)15-3)29-57-40(49)22-25-61(9,10)59-62(11,12)58-60(7,8)24-20-19-21-39(48)56-33-42(30-53-36(45)16-4,31-54-37(46)17-5)32-55-38(47)18-6/h13-18H,1-6,19-33H2,7-12H3. The number of carbonyl (C=O) groups is 7. The molecule has 17 nitrogen and oxygen atoms in total. The molecular formula is C42H66O17Si3. The molecule has 0 saturated heterocycles. The van der Waals surface area contributed by atoms with Crippen LogP contribution in [-0.4, -0.2) is 126 Å². The Labute approximate surface area is 368 Å². The molecule has 0 aliphatic rings. The normalized spacial score (nSPS) is 11.8. The maximum Gasteiger partial charge on any atom is 0.330 e. The first-order valence-corrected chi connectivity index (χ1v) is 28.9. The van der Waals surface area contributed by atoms with Gasteiger partial charge in [0.1, 0.15) is 51.7 Å². The molecule has 0 unspecified atom stereocenters. The summed E-state index contributed by atoms with van der Waals surface area (Å²) in [4.78, 5) is 85.3. The highest BCUT2D eigenvalue weighted by atomic mass is 28.5. The van der Waals surface area contributed by atoms with Gasteiger partial charge in [-0.25, -0.2) is 24.0 Å². The highest BCUT2D eigenvalue weighted by Crippen LogP contribution is 2.28. The number of hydrogen-bond acceptors (Lipinski definition) is 17. The lowest BCUT2D eigenvalue weighted by atomic mass is 9.92. The van der Waals surface area contributed by atoms with Crippen LogP contribution in [0, 0.1) is 10.8 Å². The van der Waals surface area contributed by atoms with Crippen molar-refractivity contribution in [1.29, 1.82) is 0 Å². The SMILES string of the molecule is C=CCOCC(COC(=O)C=C)(COC(=O)C=C)COC(=O)CC[Si](C)(C)O[Si](C)(C)O[Si](C)(C)CCCCC(=O)OCC(COC(=O)C=C)(COC(=O)C=C)COC(=O)C=C. The number of hydrogen-bond donors (Lipinski definition) is 0. The van der Waals surface area contributed by atoms with Crippen LogP contribution in [0.15, 0.2) is 75.9 Å². The minimum Gasteiger partial charge on any atom is -0.465 e. The fourth-order valence-corrected chi connectivity index (χ4v) is 19.5. The second kappa shape index (κ2) is 28.8. The summed E-state index contributed by atoms with van der Waals surface area (Å²) in [7, 11) is -7.53. The molecular weight excluding hydrogens is 861 g/mol. The monoisotopic (exact) mass is 926 g/mol. The molecule has 0 aromatic carbocycles. The summed E-state index contributed by atoms with van der Waals surface area (Å²) in [6.07, 6.45) is 7.44. The number of esters is 7. The minimum absolute atomic E-state index is 0.0319. The third-order valence-electron chi connectivity index (χ3n) is 8.54. The van der Waals surface area contributed by atoms with E-state index in [0.717, 1.165) is 30.4 Å². The number of unbranched alkanes of at least 4 members (excludes halogenated alkanes) is 1. The predicted octanol–water partition coefficient (Wildman–Crippen LogP) is 5.60. The van der Waals surface area contributed by atoms with Gasteiger partial charge in [0, 0.05) is 43.2 Å². The second-order valence-electron chi connectivity index (χ2n) is 16.0. The van der Waals surface area contributed by atoms with Crippen molar-refractivity contribution in [2.75, 3.05) is 59.5 Å². The van der Waals surface area contributed by atoms with Crippen molar-refractivity contribution < 1.29 is 79.7 Å². The Morgan fingerprint density at radius 1 is 0.435 bits per heavy atom. The van der Waals surface area contributed by atoms with Gasteiger partial charge in [-0.1, -0.05) is 45.4 Å². The molecule has 0 aromatic rings. The van der Waals surface area contributed by atoms with E-state index in [1.54, 1.807) is 0 Å². The van der Waals surface area contributed by atoms with Gasteiger partial charge in [0.05, 0.1) is 18.6 Å². The van der Waals surface area contributed by atoms with Gasteiger partial charge in [-0.3, -0.25) is 9.59 Å². The molecule has 0 N–H and O–H groups in total. The lowest BCUT2D eigenvalue weighted by Gasteiger charge is -2.38. The van der Waals surface area contributed by atoms with Crippen LogP contribution in [0.5, 0.6) is 0 Å². The van der Waals surface area contributed by atoms with Crippen LogP contribution >= 0.6 is 0 Å². The largest absolute Gasteiger partial charge is 0.465 e. The molecule has 0 spiro atoms. The maximum atomic E-state index is 13.1. The van der Waals surface area contributed by atoms with Gasteiger partial charge < -0.3 is 46.1 Å². The third-order valence-corrected chi connectivity index (χ3v) is 19.9. The van der Waals surface area contributed by atoms with E-state index < -0.39 is 104 Å². The summed E-state index contributed by atoms with van der Waals surface area (Å²) in [5.74, 6) is -4.91. The lowest BCUT2D eigenvalue weighted by molar-refractivity contribution is -0.167. The van der Waals surface area contributed by atoms with Gasteiger partial charge in [-0.15, -0.1) is 6.58 Å². The number of ether oxygens (including phenoxy) is 8. The Kier molecular flexibility index (Phi) is 26.6. The van der Waals surface area contributed by atoms with E-state index in [9.17, 15) is 33.6 Å². The smallest absolute Gasteiger partial charge is 0.330 e. The average Bonchev–Trinajstić information content (AvgIpc) is 3.22. The summed E-state index contributed by atoms with van der Waals surface area (Å²) in [6.45, 7) is 29.9. The predicted molar refractivity (Wildman–Crippen MR) is 236 cm³/mol. The molecule has 0 aliphatic carbocycles. The molecule has 0 amide bonds. The fourth-order valence-electron chi connectivity index (χ4n) is 5.56. The first-order chi connectivity index (χ1) is 28.9. The van der Waals surface area contributed by atoms with Crippen LogP contribution in [0.4, 0.5) is 0 Å². The molecule has 0 aliphatic heterocycles. The topological polar surface area (TPSA) is 212 Å². The molecule has 0 atom stereocenters. The fraction of sp³-hybridized carbons (Fsp3) is 0.548. The van der Waals surface area contributed by atoms with E-state index in [1.807, 2.05) is 26.2 Å². The molecule has 0 rings (SSSR count). The highest BCUT2D eigenvalue weighted by molar-refractivity contribution is 6.87. The first-order valence-electron chi connectivity index (χ1n) is 19.8. The van der Waals surface area contributed by atoms with Gasteiger partial charge in [-0.05, 0) is 57.8 Å². The molecule has 0 radical (unpaired) electrons. The third kappa shape index (κ3) is 25.9. The molecule has 0 bridgehead atoms. The number of rotatable bonds is 35. The van der Waals surface area contributed by atoms with E-state index in [0.29, 0.717) is 24.9 Å². The van der Waals surface area contributed by atoms with Gasteiger partial charge in [-0.2, -0.15) is 0 Å². The summed E-state index contributed by atoms with van der Waals surface area (Å²) in [5, 5.41) is 0. The Balaban J connectivity index is 5.40. The van der Waals surface area contributed by atoms with Crippen LogP contribution in [0.2, 0.25) is 51.4 Å². The van der Waals surface area contributed by atoms with Crippen LogP contribution in [0.1, 0.15) is 25.7 Å². The van der Waals surface area contributed by atoms with Crippen molar-refractivity contribution in [3.8, 4) is 0 Å². The molecule has 348 valence electrons. The summed E-state index contributed by atoms with van der Waals surface area (Å²) >= 11 is 0. The van der Waals surface area contributed by atoms with Crippen molar-refractivity contribution in [1.82, 2.24) is 0 Å². The van der Waals surface area contributed by atoms with Crippen molar-refractivity contribution in [3.63, 3.8) is 0 Å². The zero-order valence-electron chi connectivity index (χ0n) is 37.3. The molecule has 0 aromatic heterocycles. The number of carbonyl (C=O) groups excluding carboxylic acids is 7. The maximum absolute atomic E-state index is 13.1. The molecule has 0 saturated carbocycles. The molecule has 62 heavy (non-hydrogen) atoms. The average molecular weight is 927 g/mol. The Bertz CT molecular complexity index is 1500. The van der Waals surface area contributed by atoms with Gasteiger partial charge in [0.25, 0.3) is 0 Å². The van der Waals surface area contributed by atoms with Crippen molar-refractivity contribution in [2.24, 2.45) is 10.8 Å². The zero-order valence-corrected chi connectivity index (χ0v) is 40.3. The van der Waals surface area contributed by atoms with Crippen LogP contribution in [0.25, 0.3) is 0 Å². The van der Waals surface area contributed by atoms with Gasteiger partial charge in [0.2, 0.25) is 0 Å². The zero-order chi connectivity index (χ0) is 47.5. The molecule has 0 heterocycles. The minimum atomic E-state index is -2.72. The summed E-state index contributed by atoms with van der Waals surface area (Å²) in [6, 6.07) is 1.12. The van der Waals surface area contributed by atoms with E-state index in [1.165, 1.54) is 6.08 Å². The Hall–Kier alpha value is -4.74. The van der Waals surface area contributed by atoms with E-state index >= 15 is 0 Å². The van der Waals surface area contributed by atoms with Crippen LogP contribution in [0.3, 0.4) is 0 Å². The van der Waals surface area contributed by atoms with E-state index in [-0.39, 0.29) is 45.9 Å². The van der Waals surface area contributed by atoms with Crippen LogP contribution in [-0.2, 0) is 79.7 Å². The first kappa shape index (κ1) is 57.3. The lowest BCUT2D eigenvalue weighted by Crippen LogP contribution is -2.52. The van der Waals surface area contributed by atoms with Crippen LogP contribution < -0.4 is 0 Å². The van der Waals surface area contributed by atoms with Gasteiger partial charge in [0.15, 0.2) is 16.6 Å². The molecule has 0 fully saturated rings. The van der Waals surface area contributed by atoms with Crippen molar-refractivity contribution in [2.45, 2.75) is 77.1 Å². The second-order valence-corrected chi connectivity index (χ2v) is 28.5. The summed E-state index contributed by atoms with van der Waals surface area (Å²) in [5.41, 5.74) is -2.65. The van der Waals surface area contributed by atoms with Gasteiger partial charge >= 0.3 is 50.3 Å². The summed E-state index contributed by atoms with van der Waals surface area (Å²) < 4.78 is 56.1. The Morgan fingerprint density at radius 3 is 1.11 bits per heavy atom. The van der Waals surface area contributed by atoms with Crippen molar-refractivity contribution in [3.05, 3.63) is 75.9 Å². The highest BCUT2D eigenvalue weighted by Gasteiger charge is 2.41. The van der Waals surface area contributed by atoms with Crippen molar-refractivity contribution >= 4 is 67.0 Å².